The molecule has 1 aliphatic carbocycles. The molecule has 1 heterocycles. The second-order valence-electron chi connectivity index (χ2n) is 7.24. The van der Waals surface area contributed by atoms with E-state index in [2.05, 4.69) is 37.7 Å². The molecule has 3 N–H and O–H groups in total. The number of H-pyrrole nitrogens is 1. The van der Waals surface area contributed by atoms with Gasteiger partial charge in [0.25, 0.3) is 0 Å². The maximum absolute atomic E-state index is 12.0. The van der Waals surface area contributed by atoms with E-state index in [0.29, 0.717) is 25.6 Å². The minimum atomic E-state index is 0.107. The largest absolute Gasteiger partial charge is 0.356 e. The summed E-state index contributed by atoms with van der Waals surface area (Å²) in [6.45, 7) is 1.16. The van der Waals surface area contributed by atoms with E-state index in [-0.39, 0.29) is 5.91 Å². The lowest BCUT2D eigenvalue weighted by atomic mass is 10.2. The summed E-state index contributed by atoms with van der Waals surface area (Å²) in [6.07, 6.45) is 6.96. The van der Waals surface area contributed by atoms with Crippen LogP contribution in [0.1, 0.15) is 37.9 Å². The molecule has 150 valence electrons. The first kappa shape index (κ1) is 19.9. The Hall–Kier alpha value is -2.83. The third-order valence-corrected chi connectivity index (χ3v) is 5.03. The summed E-state index contributed by atoms with van der Waals surface area (Å²) >= 11 is 0. The molecule has 1 saturated carbocycles. The molecule has 0 saturated heterocycles. The van der Waals surface area contributed by atoms with Crippen LogP contribution >= 0.6 is 0 Å². The number of imidazole rings is 1. The number of nitrogens with one attached hydrogen (secondary N) is 3. The summed E-state index contributed by atoms with van der Waals surface area (Å²) in [6, 6.07) is 10.5. The second-order valence-corrected chi connectivity index (χ2v) is 7.24. The van der Waals surface area contributed by atoms with Crippen LogP contribution in [0.5, 0.6) is 0 Å². The predicted octanol–water partition coefficient (Wildman–Crippen LogP) is 2.53. The molecule has 7 heteroatoms. The number of benzene rings is 1. The van der Waals surface area contributed by atoms with Gasteiger partial charge in [0.15, 0.2) is 5.96 Å². The average Bonchev–Trinajstić information content (AvgIpc) is 3.38. The van der Waals surface area contributed by atoms with Gasteiger partial charge in [-0.15, -0.1) is 0 Å². The highest BCUT2D eigenvalue weighted by Gasteiger charge is 2.17. The summed E-state index contributed by atoms with van der Waals surface area (Å²) < 4.78 is 0. The van der Waals surface area contributed by atoms with Gasteiger partial charge >= 0.3 is 0 Å². The summed E-state index contributed by atoms with van der Waals surface area (Å²) in [4.78, 5) is 26.2. The van der Waals surface area contributed by atoms with Crippen LogP contribution < -0.4 is 10.6 Å². The van der Waals surface area contributed by atoms with Crippen LogP contribution in [0.2, 0.25) is 0 Å². The fourth-order valence-corrected chi connectivity index (χ4v) is 3.55. The van der Waals surface area contributed by atoms with Gasteiger partial charge in [0, 0.05) is 33.1 Å². The first-order chi connectivity index (χ1) is 13.7. The number of hydrogen-bond donors (Lipinski definition) is 3. The molecule has 1 aromatic heterocycles. The number of nitrogens with zero attached hydrogens (tertiary/aromatic N) is 3. The van der Waals surface area contributed by atoms with Crippen LogP contribution in [0.3, 0.4) is 0 Å². The second kappa shape index (κ2) is 9.92. The lowest BCUT2D eigenvalue weighted by Gasteiger charge is -2.21. The summed E-state index contributed by atoms with van der Waals surface area (Å²) in [7, 11) is 3.70. The Morgan fingerprint density at radius 2 is 2.04 bits per heavy atom. The average molecular weight is 383 g/mol. The molecule has 0 bridgehead atoms. The fraction of sp³-hybridized carbons (Fsp3) is 0.476. The number of amides is 1. The van der Waals surface area contributed by atoms with E-state index in [4.69, 9.17) is 0 Å². The Bertz CT molecular complexity index is 779. The molecule has 7 nitrogen and oxygen atoms in total. The van der Waals surface area contributed by atoms with Crippen molar-refractivity contribution in [1.82, 2.24) is 25.5 Å². The highest BCUT2D eigenvalue weighted by atomic mass is 16.1. The minimum absolute atomic E-state index is 0.107. The number of guanidine groups is 1. The highest BCUT2D eigenvalue weighted by molar-refractivity contribution is 5.81. The predicted molar refractivity (Wildman–Crippen MR) is 112 cm³/mol. The van der Waals surface area contributed by atoms with Crippen molar-refractivity contribution in [3.05, 3.63) is 42.4 Å². The third-order valence-electron chi connectivity index (χ3n) is 5.03. The van der Waals surface area contributed by atoms with Gasteiger partial charge in [0.2, 0.25) is 5.91 Å². The number of carbonyl (C=O) groups is 1. The maximum Gasteiger partial charge on any atom is 0.221 e. The molecule has 0 spiro atoms. The lowest BCUT2D eigenvalue weighted by Crippen LogP contribution is -2.41. The van der Waals surface area contributed by atoms with Crippen LogP contribution in [0.25, 0.3) is 11.3 Å². The topological polar surface area (TPSA) is 85.4 Å². The number of aromatic amines is 1. The number of rotatable bonds is 7. The van der Waals surface area contributed by atoms with Gasteiger partial charge < -0.3 is 20.5 Å². The fourth-order valence-electron chi connectivity index (χ4n) is 3.55. The van der Waals surface area contributed by atoms with Gasteiger partial charge in [-0.05, 0) is 18.4 Å². The summed E-state index contributed by atoms with van der Waals surface area (Å²) in [5.41, 5.74) is 2.11. The Kier molecular flexibility index (Phi) is 7.06. The first-order valence-electron chi connectivity index (χ1n) is 9.96. The molecule has 1 aromatic carbocycles. The zero-order valence-electron chi connectivity index (χ0n) is 16.7. The summed E-state index contributed by atoms with van der Waals surface area (Å²) in [5, 5.41) is 6.37. The third kappa shape index (κ3) is 5.58. The number of aromatic nitrogens is 2. The lowest BCUT2D eigenvalue weighted by molar-refractivity contribution is -0.121. The molecule has 0 atom stereocenters. The van der Waals surface area contributed by atoms with Crippen LogP contribution in [0.4, 0.5) is 0 Å². The summed E-state index contributed by atoms with van der Waals surface area (Å²) in [5.74, 6) is 1.71. The molecule has 3 rings (SSSR count). The molecule has 0 radical (unpaired) electrons. The van der Waals surface area contributed by atoms with Gasteiger partial charge in [0.1, 0.15) is 5.82 Å². The first-order valence-corrected chi connectivity index (χ1v) is 9.96. The highest BCUT2D eigenvalue weighted by Crippen LogP contribution is 2.18. The van der Waals surface area contributed by atoms with Crippen LogP contribution in [0, 0.1) is 0 Å². The van der Waals surface area contributed by atoms with E-state index in [9.17, 15) is 4.79 Å². The van der Waals surface area contributed by atoms with Crippen molar-refractivity contribution < 1.29 is 4.79 Å². The van der Waals surface area contributed by atoms with Crippen molar-refractivity contribution in [2.75, 3.05) is 20.6 Å². The Balaban J connectivity index is 1.45. The standard InChI is InChI=1S/C21H30N6O/c1-22-21(23-13-12-20(28)25-17-10-6-7-11-17)27(2)15-19-24-14-18(26-19)16-8-4-3-5-9-16/h3-5,8-9,14,17H,6-7,10-13,15H2,1-2H3,(H,22,23)(H,24,26)(H,25,28). The van der Waals surface area contributed by atoms with Crippen LogP contribution in [0.15, 0.2) is 41.5 Å². The van der Waals surface area contributed by atoms with E-state index in [1.54, 1.807) is 7.05 Å². The minimum Gasteiger partial charge on any atom is -0.356 e. The van der Waals surface area contributed by atoms with Crippen molar-refractivity contribution in [2.24, 2.45) is 4.99 Å². The molecule has 2 aromatic rings. The van der Waals surface area contributed by atoms with Crippen molar-refractivity contribution in [1.29, 1.82) is 0 Å². The molecule has 1 fully saturated rings. The van der Waals surface area contributed by atoms with E-state index in [1.165, 1.54) is 12.8 Å². The van der Waals surface area contributed by atoms with Gasteiger partial charge in [-0.2, -0.15) is 0 Å². The number of aliphatic imine (C=N–C) groups is 1. The van der Waals surface area contributed by atoms with E-state index in [1.807, 2.05) is 36.3 Å². The molecular weight excluding hydrogens is 352 g/mol. The number of carbonyl (C=O) groups excluding carboxylic acids is 1. The normalized spacial score (nSPS) is 14.9. The molecule has 28 heavy (non-hydrogen) atoms. The Morgan fingerprint density at radius 3 is 2.75 bits per heavy atom. The van der Waals surface area contributed by atoms with Crippen LogP contribution in [-0.4, -0.2) is 53.4 Å². The van der Waals surface area contributed by atoms with E-state index >= 15 is 0 Å². The molecule has 1 amide bonds. The SMILES string of the molecule is CN=C(NCCC(=O)NC1CCCC1)N(C)Cc1ncc(-c2ccccc2)[nH]1. The number of hydrogen-bond acceptors (Lipinski definition) is 3. The Morgan fingerprint density at radius 1 is 1.29 bits per heavy atom. The van der Waals surface area contributed by atoms with Crippen molar-refractivity contribution in [3.8, 4) is 11.3 Å². The zero-order chi connectivity index (χ0) is 19.8. The van der Waals surface area contributed by atoms with Crippen molar-refractivity contribution in [2.45, 2.75) is 44.7 Å². The maximum atomic E-state index is 12.0. The molecule has 1 aliphatic rings. The van der Waals surface area contributed by atoms with E-state index < -0.39 is 0 Å². The molecule has 0 unspecified atom stereocenters. The quantitative estimate of drug-likeness (QED) is 0.507. The van der Waals surface area contributed by atoms with Gasteiger partial charge in [-0.1, -0.05) is 43.2 Å². The molecular formula is C21H30N6O. The van der Waals surface area contributed by atoms with Crippen molar-refractivity contribution in [3.63, 3.8) is 0 Å². The van der Waals surface area contributed by atoms with Crippen LogP contribution in [-0.2, 0) is 11.3 Å². The van der Waals surface area contributed by atoms with Gasteiger partial charge in [-0.25, -0.2) is 4.98 Å². The molecule has 0 aliphatic heterocycles. The monoisotopic (exact) mass is 382 g/mol. The van der Waals surface area contributed by atoms with E-state index in [0.717, 1.165) is 35.9 Å². The van der Waals surface area contributed by atoms with Crippen molar-refractivity contribution >= 4 is 11.9 Å². The Labute approximate surface area is 166 Å². The van der Waals surface area contributed by atoms with Gasteiger partial charge in [-0.3, -0.25) is 9.79 Å². The van der Waals surface area contributed by atoms with Gasteiger partial charge in [0.05, 0.1) is 18.4 Å². The zero-order valence-corrected chi connectivity index (χ0v) is 16.7. The smallest absolute Gasteiger partial charge is 0.221 e.